The summed E-state index contributed by atoms with van der Waals surface area (Å²) in [5.74, 6) is -0.880. The highest BCUT2D eigenvalue weighted by atomic mass is 32.1. The number of hydrogen-bond acceptors (Lipinski definition) is 2. The summed E-state index contributed by atoms with van der Waals surface area (Å²) in [7, 11) is 0. The molecule has 2 heterocycles. The van der Waals surface area contributed by atoms with Gasteiger partial charge in [0.05, 0.1) is 6.54 Å². The molecule has 0 saturated carbocycles. The van der Waals surface area contributed by atoms with Crippen LogP contribution < -0.4 is 0 Å². The fourth-order valence-corrected chi connectivity index (χ4v) is 2.69. The van der Waals surface area contributed by atoms with E-state index in [0.717, 1.165) is 0 Å². The third-order valence-corrected chi connectivity index (χ3v) is 3.73. The van der Waals surface area contributed by atoms with E-state index in [0.29, 0.717) is 12.2 Å². The Morgan fingerprint density at radius 3 is 2.81 bits per heavy atom. The first-order valence-corrected chi connectivity index (χ1v) is 5.84. The molecule has 0 fully saturated rings. The molecule has 0 aliphatic rings. The SMILES string of the molecule is Cc1cc(Cn2cccc2C(=O)O)sc1C. The van der Waals surface area contributed by atoms with E-state index in [2.05, 4.69) is 19.9 Å². The van der Waals surface area contributed by atoms with Gasteiger partial charge < -0.3 is 9.67 Å². The van der Waals surface area contributed by atoms with E-state index in [-0.39, 0.29) is 0 Å². The lowest BCUT2D eigenvalue weighted by Crippen LogP contribution is -2.07. The second kappa shape index (κ2) is 4.14. The van der Waals surface area contributed by atoms with Gasteiger partial charge in [0.15, 0.2) is 0 Å². The minimum Gasteiger partial charge on any atom is -0.477 e. The number of nitrogens with zero attached hydrogens (tertiary/aromatic N) is 1. The van der Waals surface area contributed by atoms with Crippen LogP contribution in [0, 0.1) is 13.8 Å². The molecule has 0 radical (unpaired) electrons. The number of carboxylic acids is 1. The fraction of sp³-hybridized carbons (Fsp3) is 0.250. The van der Waals surface area contributed by atoms with Crippen molar-refractivity contribution in [3.05, 3.63) is 45.4 Å². The molecule has 4 heteroatoms. The maximum Gasteiger partial charge on any atom is 0.352 e. The molecule has 0 unspecified atom stereocenters. The molecule has 0 amide bonds. The number of carboxylic acid groups (broad SMARTS) is 1. The Kier molecular flexibility index (Phi) is 2.83. The summed E-state index contributed by atoms with van der Waals surface area (Å²) >= 11 is 1.72. The van der Waals surface area contributed by atoms with Crippen molar-refractivity contribution in [1.29, 1.82) is 0 Å². The zero-order chi connectivity index (χ0) is 11.7. The number of hydrogen-bond donors (Lipinski definition) is 1. The van der Waals surface area contributed by atoms with Crippen LogP contribution >= 0.6 is 11.3 Å². The maximum atomic E-state index is 10.9. The van der Waals surface area contributed by atoms with Gasteiger partial charge in [-0.15, -0.1) is 11.3 Å². The van der Waals surface area contributed by atoms with E-state index in [1.807, 2.05) is 0 Å². The first-order valence-electron chi connectivity index (χ1n) is 5.02. The van der Waals surface area contributed by atoms with Crippen LogP contribution in [-0.2, 0) is 6.54 Å². The molecule has 0 aliphatic carbocycles. The molecule has 84 valence electrons. The monoisotopic (exact) mass is 235 g/mol. The Hall–Kier alpha value is -1.55. The molecular weight excluding hydrogens is 222 g/mol. The minimum absolute atomic E-state index is 0.337. The summed E-state index contributed by atoms with van der Waals surface area (Å²) in [4.78, 5) is 13.4. The summed E-state index contributed by atoms with van der Waals surface area (Å²) in [5.41, 5.74) is 1.60. The number of aryl methyl sites for hydroxylation is 2. The predicted molar refractivity (Wildman–Crippen MR) is 64.3 cm³/mol. The van der Waals surface area contributed by atoms with Crippen LogP contribution in [0.1, 0.15) is 25.8 Å². The smallest absolute Gasteiger partial charge is 0.352 e. The molecular formula is C12H13NO2S. The van der Waals surface area contributed by atoms with Crippen molar-refractivity contribution in [1.82, 2.24) is 4.57 Å². The summed E-state index contributed by atoms with van der Waals surface area (Å²) in [6.45, 7) is 4.79. The van der Waals surface area contributed by atoms with Gasteiger partial charge in [-0.2, -0.15) is 0 Å². The summed E-state index contributed by atoms with van der Waals surface area (Å²) in [6.07, 6.45) is 1.80. The van der Waals surface area contributed by atoms with Crippen LogP contribution in [0.15, 0.2) is 24.4 Å². The van der Waals surface area contributed by atoms with Crippen molar-refractivity contribution in [3.63, 3.8) is 0 Å². The highest BCUT2D eigenvalue weighted by Gasteiger charge is 2.10. The van der Waals surface area contributed by atoms with E-state index in [9.17, 15) is 4.79 Å². The molecule has 16 heavy (non-hydrogen) atoms. The molecule has 2 aromatic rings. The molecule has 0 spiro atoms. The van der Waals surface area contributed by atoms with Gasteiger partial charge in [0, 0.05) is 16.0 Å². The van der Waals surface area contributed by atoms with E-state index in [1.54, 1.807) is 34.2 Å². The van der Waals surface area contributed by atoms with Crippen molar-refractivity contribution in [2.45, 2.75) is 20.4 Å². The number of aromatic nitrogens is 1. The summed E-state index contributed by atoms with van der Waals surface area (Å²) in [6, 6.07) is 5.50. The number of aromatic carboxylic acids is 1. The Morgan fingerprint density at radius 1 is 1.50 bits per heavy atom. The first-order chi connectivity index (χ1) is 7.58. The van der Waals surface area contributed by atoms with Gasteiger partial charge >= 0.3 is 5.97 Å². The molecule has 2 rings (SSSR count). The van der Waals surface area contributed by atoms with Crippen molar-refractivity contribution in [2.75, 3.05) is 0 Å². The van der Waals surface area contributed by atoms with Gasteiger partial charge in [-0.25, -0.2) is 4.79 Å². The molecule has 3 nitrogen and oxygen atoms in total. The normalized spacial score (nSPS) is 10.6. The Morgan fingerprint density at radius 2 is 2.25 bits per heavy atom. The van der Waals surface area contributed by atoms with Gasteiger partial charge in [-0.3, -0.25) is 0 Å². The van der Waals surface area contributed by atoms with E-state index in [1.165, 1.54) is 15.3 Å². The van der Waals surface area contributed by atoms with Crippen LogP contribution in [0.2, 0.25) is 0 Å². The number of thiophene rings is 1. The average molecular weight is 235 g/mol. The Bertz CT molecular complexity index is 505. The molecule has 0 bridgehead atoms. The minimum atomic E-state index is -0.880. The molecule has 1 N–H and O–H groups in total. The van der Waals surface area contributed by atoms with Crippen LogP contribution in [0.3, 0.4) is 0 Å². The van der Waals surface area contributed by atoms with E-state index < -0.39 is 5.97 Å². The van der Waals surface area contributed by atoms with Crippen molar-refractivity contribution >= 4 is 17.3 Å². The Balaban J connectivity index is 2.27. The van der Waals surface area contributed by atoms with Gasteiger partial charge in [0.1, 0.15) is 5.69 Å². The van der Waals surface area contributed by atoms with E-state index >= 15 is 0 Å². The lowest BCUT2D eigenvalue weighted by molar-refractivity contribution is 0.0686. The standard InChI is InChI=1S/C12H13NO2S/c1-8-6-10(16-9(8)2)7-13-5-3-4-11(13)12(14)15/h3-6H,7H2,1-2H3,(H,14,15). The quantitative estimate of drug-likeness (QED) is 0.888. The van der Waals surface area contributed by atoms with Crippen LogP contribution in [0.25, 0.3) is 0 Å². The second-order valence-corrected chi connectivity index (χ2v) is 5.12. The predicted octanol–water partition coefficient (Wildman–Crippen LogP) is 2.91. The van der Waals surface area contributed by atoms with Crippen molar-refractivity contribution in [2.24, 2.45) is 0 Å². The van der Waals surface area contributed by atoms with Crippen molar-refractivity contribution in [3.8, 4) is 0 Å². The fourth-order valence-electron chi connectivity index (χ4n) is 1.64. The largest absolute Gasteiger partial charge is 0.477 e. The topological polar surface area (TPSA) is 42.2 Å². The van der Waals surface area contributed by atoms with Gasteiger partial charge in [-0.1, -0.05) is 0 Å². The summed E-state index contributed by atoms with van der Waals surface area (Å²) < 4.78 is 1.76. The lowest BCUT2D eigenvalue weighted by Gasteiger charge is -2.03. The molecule has 0 atom stereocenters. The molecule has 2 aromatic heterocycles. The Labute approximate surface area is 98.0 Å². The number of rotatable bonds is 3. The zero-order valence-corrected chi connectivity index (χ0v) is 10.0. The first kappa shape index (κ1) is 11.0. The number of carbonyl (C=O) groups is 1. The third-order valence-electron chi connectivity index (χ3n) is 2.59. The molecule has 0 aromatic carbocycles. The van der Waals surface area contributed by atoms with Gasteiger partial charge in [0.25, 0.3) is 0 Å². The van der Waals surface area contributed by atoms with Gasteiger partial charge in [0.2, 0.25) is 0 Å². The zero-order valence-electron chi connectivity index (χ0n) is 9.23. The highest BCUT2D eigenvalue weighted by Crippen LogP contribution is 2.22. The van der Waals surface area contributed by atoms with Crippen LogP contribution in [0.5, 0.6) is 0 Å². The van der Waals surface area contributed by atoms with E-state index in [4.69, 9.17) is 5.11 Å². The third kappa shape index (κ3) is 2.02. The molecule has 0 aliphatic heterocycles. The van der Waals surface area contributed by atoms with Crippen molar-refractivity contribution < 1.29 is 9.90 Å². The highest BCUT2D eigenvalue weighted by molar-refractivity contribution is 7.12. The second-order valence-electron chi connectivity index (χ2n) is 3.78. The molecule has 0 saturated heterocycles. The maximum absolute atomic E-state index is 10.9. The average Bonchev–Trinajstić information content (AvgIpc) is 2.75. The lowest BCUT2D eigenvalue weighted by atomic mass is 10.3. The van der Waals surface area contributed by atoms with Crippen LogP contribution in [-0.4, -0.2) is 15.6 Å². The summed E-state index contributed by atoms with van der Waals surface area (Å²) in [5, 5.41) is 8.97. The van der Waals surface area contributed by atoms with Gasteiger partial charge in [-0.05, 0) is 37.6 Å². The van der Waals surface area contributed by atoms with Crippen LogP contribution in [0.4, 0.5) is 0 Å².